The van der Waals surface area contributed by atoms with Crippen LogP contribution in [0, 0.1) is 0 Å². The van der Waals surface area contributed by atoms with Gasteiger partial charge in [0.25, 0.3) is 0 Å². The quantitative estimate of drug-likeness (QED) is 0.801. The van der Waals surface area contributed by atoms with Crippen molar-refractivity contribution in [2.75, 3.05) is 11.5 Å². The van der Waals surface area contributed by atoms with Gasteiger partial charge in [0, 0.05) is 23.9 Å². The highest BCUT2D eigenvalue weighted by Crippen LogP contribution is 2.32. The summed E-state index contributed by atoms with van der Waals surface area (Å²) in [4.78, 5) is 4.46. The molecule has 1 fully saturated rings. The molecule has 3 heterocycles. The van der Waals surface area contributed by atoms with Crippen molar-refractivity contribution >= 4 is 17.3 Å². The predicted molar refractivity (Wildman–Crippen MR) is 61.5 cm³/mol. The molecule has 1 unspecified atom stereocenters. The molecular weight excluding hydrogens is 208 g/mol. The van der Waals surface area contributed by atoms with E-state index in [1.54, 1.807) is 12.1 Å². The fraction of sp³-hybridized carbons (Fsp3) is 0.364. The summed E-state index contributed by atoms with van der Waals surface area (Å²) in [7, 11) is 0. The second kappa shape index (κ2) is 3.45. The second-order valence-corrected chi connectivity index (χ2v) is 5.01. The Morgan fingerprint density at radius 1 is 1.53 bits per heavy atom. The van der Waals surface area contributed by atoms with E-state index in [1.807, 2.05) is 24.2 Å². The molecule has 0 spiro atoms. The molecule has 2 aromatic heterocycles. The molecule has 0 aromatic carbocycles. The van der Waals surface area contributed by atoms with Gasteiger partial charge in [-0.2, -0.15) is 11.8 Å². The fourth-order valence-electron chi connectivity index (χ4n) is 2.05. The summed E-state index contributed by atoms with van der Waals surface area (Å²) in [6, 6.07) is 3.46. The Hall–Kier alpha value is -1.16. The zero-order valence-electron chi connectivity index (χ0n) is 8.26. The molecule has 0 aliphatic carbocycles. The van der Waals surface area contributed by atoms with Crippen molar-refractivity contribution in [1.29, 1.82) is 0 Å². The van der Waals surface area contributed by atoms with Crippen LogP contribution in [0.1, 0.15) is 18.2 Å². The SMILES string of the molecule is Oc1ccn2c(C3CCSC3)ncc2c1. The van der Waals surface area contributed by atoms with Crippen molar-refractivity contribution in [3.63, 3.8) is 0 Å². The molecule has 3 nitrogen and oxygen atoms in total. The Balaban J connectivity index is 2.11. The first kappa shape index (κ1) is 9.09. The molecule has 0 amide bonds. The number of thioether (sulfide) groups is 1. The first-order valence-corrected chi connectivity index (χ1v) is 6.24. The summed E-state index contributed by atoms with van der Waals surface area (Å²) in [5, 5.41) is 9.36. The van der Waals surface area contributed by atoms with Crippen molar-refractivity contribution in [3.05, 3.63) is 30.4 Å². The van der Waals surface area contributed by atoms with Crippen LogP contribution in [-0.4, -0.2) is 26.0 Å². The minimum Gasteiger partial charge on any atom is -0.508 e. The van der Waals surface area contributed by atoms with Crippen LogP contribution in [-0.2, 0) is 0 Å². The number of aromatic nitrogens is 2. The van der Waals surface area contributed by atoms with Crippen LogP contribution in [0.15, 0.2) is 24.5 Å². The van der Waals surface area contributed by atoms with Crippen LogP contribution >= 0.6 is 11.8 Å². The number of pyridine rings is 1. The van der Waals surface area contributed by atoms with Gasteiger partial charge in [-0.05, 0) is 18.2 Å². The summed E-state index contributed by atoms with van der Waals surface area (Å²) >= 11 is 1.99. The molecule has 1 N–H and O–H groups in total. The third-order valence-corrected chi connectivity index (χ3v) is 4.00. The molecule has 1 aliphatic heterocycles. The number of hydrogen-bond acceptors (Lipinski definition) is 3. The maximum atomic E-state index is 9.36. The van der Waals surface area contributed by atoms with Crippen LogP contribution < -0.4 is 0 Å². The van der Waals surface area contributed by atoms with Gasteiger partial charge in [-0.1, -0.05) is 0 Å². The van der Waals surface area contributed by atoms with E-state index in [1.165, 1.54) is 17.9 Å². The van der Waals surface area contributed by atoms with Gasteiger partial charge in [0.05, 0.1) is 11.7 Å². The maximum absolute atomic E-state index is 9.36. The predicted octanol–water partition coefficient (Wildman–Crippen LogP) is 2.26. The van der Waals surface area contributed by atoms with E-state index in [-0.39, 0.29) is 0 Å². The largest absolute Gasteiger partial charge is 0.508 e. The van der Waals surface area contributed by atoms with Crippen molar-refractivity contribution in [3.8, 4) is 5.75 Å². The molecule has 1 atom stereocenters. The Morgan fingerprint density at radius 2 is 2.47 bits per heavy atom. The summed E-state index contributed by atoms with van der Waals surface area (Å²) in [5.74, 6) is 4.41. The number of hydrogen-bond donors (Lipinski definition) is 1. The van der Waals surface area contributed by atoms with Gasteiger partial charge in [-0.25, -0.2) is 4.98 Å². The van der Waals surface area contributed by atoms with E-state index in [9.17, 15) is 5.11 Å². The number of nitrogens with zero attached hydrogens (tertiary/aromatic N) is 2. The van der Waals surface area contributed by atoms with E-state index in [2.05, 4.69) is 9.38 Å². The Morgan fingerprint density at radius 3 is 3.27 bits per heavy atom. The lowest BCUT2D eigenvalue weighted by Crippen LogP contribution is -2.02. The van der Waals surface area contributed by atoms with E-state index in [0.717, 1.165) is 11.3 Å². The smallest absolute Gasteiger partial charge is 0.119 e. The molecule has 0 radical (unpaired) electrons. The number of fused-ring (bicyclic) bond motifs is 1. The molecule has 1 saturated heterocycles. The number of aromatic hydroxyl groups is 1. The molecule has 2 aromatic rings. The van der Waals surface area contributed by atoms with Crippen molar-refractivity contribution in [1.82, 2.24) is 9.38 Å². The summed E-state index contributed by atoms with van der Waals surface area (Å²) in [5.41, 5.74) is 0.974. The highest BCUT2D eigenvalue weighted by molar-refractivity contribution is 7.99. The minimum absolute atomic E-state index is 0.301. The standard InChI is InChI=1S/C11H12N2OS/c14-10-1-3-13-9(5-10)6-12-11(13)8-2-4-15-7-8/h1,3,5-6,8,14H,2,4,7H2. The van der Waals surface area contributed by atoms with Crippen LogP contribution in [0.4, 0.5) is 0 Å². The van der Waals surface area contributed by atoms with E-state index in [0.29, 0.717) is 11.7 Å². The molecule has 0 bridgehead atoms. The van der Waals surface area contributed by atoms with Gasteiger partial charge in [0.2, 0.25) is 0 Å². The molecule has 0 saturated carbocycles. The van der Waals surface area contributed by atoms with Gasteiger partial charge in [-0.3, -0.25) is 0 Å². The fourth-order valence-corrected chi connectivity index (χ4v) is 3.27. The number of imidazole rings is 1. The normalized spacial score (nSPS) is 21.2. The lowest BCUT2D eigenvalue weighted by molar-refractivity contribution is 0.475. The van der Waals surface area contributed by atoms with E-state index < -0.39 is 0 Å². The van der Waals surface area contributed by atoms with Gasteiger partial charge in [-0.15, -0.1) is 0 Å². The topological polar surface area (TPSA) is 37.5 Å². The average Bonchev–Trinajstić information content (AvgIpc) is 2.82. The van der Waals surface area contributed by atoms with Gasteiger partial charge in [0.1, 0.15) is 11.6 Å². The zero-order chi connectivity index (χ0) is 10.3. The lowest BCUT2D eigenvalue weighted by atomic mass is 10.1. The first-order chi connectivity index (χ1) is 7.34. The third-order valence-electron chi connectivity index (χ3n) is 2.84. The minimum atomic E-state index is 0.301. The first-order valence-electron chi connectivity index (χ1n) is 5.08. The van der Waals surface area contributed by atoms with Gasteiger partial charge >= 0.3 is 0 Å². The monoisotopic (exact) mass is 220 g/mol. The molecule has 78 valence electrons. The highest BCUT2D eigenvalue weighted by atomic mass is 32.2. The van der Waals surface area contributed by atoms with Gasteiger partial charge in [0.15, 0.2) is 0 Å². The van der Waals surface area contributed by atoms with Gasteiger partial charge < -0.3 is 9.51 Å². The van der Waals surface area contributed by atoms with Crippen LogP contribution in [0.5, 0.6) is 5.75 Å². The Bertz CT molecular complexity index is 488. The molecule has 4 heteroatoms. The van der Waals surface area contributed by atoms with Crippen LogP contribution in [0.3, 0.4) is 0 Å². The average molecular weight is 220 g/mol. The van der Waals surface area contributed by atoms with Crippen molar-refractivity contribution in [2.24, 2.45) is 0 Å². The maximum Gasteiger partial charge on any atom is 0.119 e. The Labute approximate surface area is 92.1 Å². The molecule has 15 heavy (non-hydrogen) atoms. The van der Waals surface area contributed by atoms with Crippen molar-refractivity contribution in [2.45, 2.75) is 12.3 Å². The number of rotatable bonds is 1. The van der Waals surface area contributed by atoms with E-state index >= 15 is 0 Å². The Kier molecular flexibility index (Phi) is 2.09. The van der Waals surface area contributed by atoms with Crippen LogP contribution in [0.25, 0.3) is 5.52 Å². The van der Waals surface area contributed by atoms with E-state index in [4.69, 9.17) is 0 Å². The lowest BCUT2D eigenvalue weighted by Gasteiger charge is -2.06. The zero-order valence-corrected chi connectivity index (χ0v) is 9.07. The summed E-state index contributed by atoms with van der Waals surface area (Å²) < 4.78 is 2.08. The molecule has 1 aliphatic rings. The second-order valence-electron chi connectivity index (χ2n) is 3.86. The molecular formula is C11H12N2OS. The summed E-state index contributed by atoms with van der Waals surface area (Å²) in [6.45, 7) is 0. The highest BCUT2D eigenvalue weighted by Gasteiger charge is 2.21. The molecule has 3 rings (SSSR count). The summed E-state index contributed by atoms with van der Waals surface area (Å²) in [6.07, 6.45) is 4.94. The van der Waals surface area contributed by atoms with Crippen molar-refractivity contribution < 1.29 is 5.11 Å². The third kappa shape index (κ3) is 1.49. The van der Waals surface area contributed by atoms with Crippen LogP contribution in [0.2, 0.25) is 0 Å².